The first kappa shape index (κ1) is 13.2. The van der Waals surface area contributed by atoms with Gasteiger partial charge < -0.3 is 15.8 Å². The highest BCUT2D eigenvalue weighted by atomic mass is 35.5. The van der Waals surface area contributed by atoms with E-state index in [2.05, 4.69) is 5.32 Å². The normalized spacial score (nSPS) is 16.8. The monoisotopic (exact) mass is 268 g/mol. The van der Waals surface area contributed by atoms with Gasteiger partial charge in [0.2, 0.25) is 5.91 Å². The molecule has 98 valence electrons. The molecule has 0 heterocycles. The molecule has 1 amide bonds. The van der Waals surface area contributed by atoms with Crippen LogP contribution in [0.25, 0.3) is 0 Å². The molecule has 18 heavy (non-hydrogen) atoms. The van der Waals surface area contributed by atoms with Crippen LogP contribution < -0.4 is 15.8 Å². The molecule has 5 heteroatoms. The van der Waals surface area contributed by atoms with Gasteiger partial charge in [0.25, 0.3) is 0 Å². The number of carbonyl (C=O) groups is 1. The molecule has 0 spiro atoms. The van der Waals surface area contributed by atoms with Gasteiger partial charge in [-0.25, -0.2) is 0 Å². The molecule has 0 radical (unpaired) electrons. The predicted octanol–water partition coefficient (Wildman–Crippen LogP) is 2.42. The van der Waals surface area contributed by atoms with Crippen molar-refractivity contribution in [1.29, 1.82) is 0 Å². The zero-order valence-corrected chi connectivity index (χ0v) is 11.1. The van der Waals surface area contributed by atoms with E-state index in [4.69, 9.17) is 22.1 Å². The Hall–Kier alpha value is -1.26. The topological polar surface area (TPSA) is 64.3 Å². The molecule has 0 bridgehead atoms. The van der Waals surface area contributed by atoms with Crippen LogP contribution in [0, 0.1) is 5.41 Å². The molecule has 0 aliphatic heterocycles. The van der Waals surface area contributed by atoms with Gasteiger partial charge >= 0.3 is 0 Å². The van der Waals surface area contributed by atoms with Crippen molar-refractivity contribution in [1.82, 2.24) is 0 Å². The lowest BCUT2D eigenvalue weighted by molar-refractivity contribution is -0.129. The van der Waals surface area contributed by atoms with Crippen LogP contribution in [-0.4, -0.2) is 19.6 Å². The second-order valence-electron chi connectivity index (χ2n) is 4.64. The third-order valence-electron chi connectivity index (χ3n) is 3.61. The van der Waals surface area contributed by atoms with E-state index < -0.39 is 5.41 Å². The van der Waals surface area contributed by atoms with Crippen molar-refractivity contribution in [2.45, 2.75) is 19.3 Å². The Kier molecular flexibility index (Phi) is 3.78. The van der Waals surface area contributed by atoms with Crippen LogP contribution in [0.3, 0.4) is 0 Å². The summed E-state index contributed by atoms with van der Waals surface area (Å²) in [5.74, 6) is 0.624. The van der Waals surface area contributed by atoms with E-state index in [0.717, 1.165) is 19.3 Å². The summed E-state index contributed by atoms with van der Waals surface area (Å²) < 4.78 is 5.06. The van der Waals surface area contributed by atoms with Gasteiger partial charge in [-0.15, -0.1) is 0 Å². The Morgan fingerprint density at radius 1 is 1.56 bits per heavy atom. The van der Waals surface area contributed by atoms with Gasteiger partial charge in [-0.3, -0.25) is 4.79 Å². The number of benzene rings is 1. The average Bonchev–Trinajstić information content (AvgIpc) is 2.31. The number of hydrogen-bond acceptors (Lipinski definition) is 3. The van der Waals surface area contributed by atoms with E-state index in [9.17, 15) is 4.79 Å². The molecule has 0 unspecified atom stereocenters. The van der Waals surface area contributed by atoms with Gasteiger partial charge in [0.1, 0.15) is 5.75 Å². The predicted molar refractivity (Wildman–Crippen MR) is 72.0 cm³/mol. The molecule has 0 aromatic heterocycles. The largest absolute Gasteiger partial charge is 0.497 e. The van der Waals surface area contributed by atoms with Crippen molar-refractivity contribution in [3.05, 3.63) is 23.2 Å². The Bertz CT molecular complexity index is 453. The molecule has 1 saturated carbocycles. The fourth-order valence-electron chi connectivity index (χ4n) is 2.11. The van der Waals surface area contributed by atoms with Gasteiger partial charge in [0.15, 0.2) is 0 Å². The lowest BCUT2D eigenvalue weighted by Gasteiger charge is -2.39. The van der Waals surface area contributed by atoms with E-state index in [-0.39, 0.29) is 5.91 Å². The smallest absolute Gasteiger partial charge is 0.231 e. The molecule has 1 aromatic rings. The zero-order chi connectivity index (χ0) is 13.2. The van der Waals surface area contributed by atoms with Crippen LogP contribution in [0.1, 0.15) is 19.3 Å². The van der Waals surface area contributed by atoms with Crippen molar-refractivity contribution in [2.75, 3.05) is 19.0 Å². The molecular formula is C13H17ClN2O2. The highest BCUT2D eigenvalue weighted by molar-refractivity contribution is 6.33. The minimum Gasteiger partial charge on any atom is -0.497 e. The summed E-state index contributed by atoms with van der Waals surface area (Å²) in [6.45, 7) is 0.382. The summed E-state index contributed by atoms with van der Waals surface area (Å²) in [7, 11) is 1.57. The first-order chi connectivity index (χ1) is 8.61. The van der Waals surface area contributed by atoms with Crippen LogP contribution in [0.5, 0.6) is 5.75 Å². The molecule has 1 aliphatic rings. The van der Waals surface area contributed by atoms with Gasteiger partial charge in [-0.2, -0.15) is 0 Å². The summed E-state index contributed by atoms with van der Waals surface area (Å²) >= 11 is 6.08. The summed E-state index contributed by atoms with van der Waals surface area (Å²) in [6.07, 6.45) is 2.76. The highest BCUT2D eigenvalue weighted by Crippen LogP contribution is 2.41. The van der Waals surface area contributed by atoms with Crippen LogP contribution >= 0.6 is 11.6 Å². The molecule has 1 fully saturated rings. The molecule has 2 rings (SSSR count). The first-order valence-corrected chi connectivity index (χ1v) is 6.34. The summed E-state index contributed by atoms with van der Waals surface area (Å²) in [5, 5.41) is 3.32. The molecule has 3 N–H and O–H groups in total. The van der Waals surface area contributed by atoms with Crippen molar-refractivity contribution in [2.24, 2.45) is 11.1 Å². The minimum absolute atomic E-state index is 0.0386. The van der Waals surface area contributed by atoms with Gasteiger partial charge in [-0.1, -0.05) is 18.0 Å². The number of ether oxygens (including phenoxy) is 1. The maximum Gasteiger partial charge on any atom is 0.231 e. The third kappa shape index (κ3) is 2.31. The van der Waals surface area contributed by atoms with E-state index >= 15 is 0 Å². The van der Waals surface area contributed by atoms with Crippen LogP contribution in [0.2, 0.25) is 5.02 Å². The SMILES string of the molecule is COc1ccc(NC(=O)C2(CN)CCC2)c(Cl)c1. The van der Waals surface area contributed by atoms with Crippen molar-refractivity contribution in [3.8, 4) is 5.75 Å². The standard InChI is InChI=1S/C13H17ClN2O2/c1-18-9-3-4-11(10(14)7-9)16-12(17)13(8-15)5-2-6-13/h3-4,7H,2,5-6,8,15H2,1H3,(H,16,17). The lowest BCUT2D eigenvalue weighted by atomic mass is 9.68. The van der Waals surface area contributed by atoms with Crippen molar-refractivity contribution in [3.63, 3.8) is 0 Å². The highest BCUT2D eigenvalue weighted by Gasteiger charge is 2.42. The maximum atomic E-state index is 12.2. The second kappa shape index (κ2) is 5.16. The fourth-order valence-corrected chi connectivity index (χ4v) is 2.32. The van der Waals surface area contributed by atoms with E-state index in [1.807, 2.05) is 0 Å². The Morgan fingerprint density at radius 3 is 2.72 bits per heavy atom. The minimum atomic E-state index is -0.400. The summed E-state index contributed by atoms with van der Waals surface area (Å²) in [4.78, 5) is 12.2. The fraction of sp³-hybridized carbons (Fsp3) is 0.462. The third-order valence-corrected chi connectivity index (χ3v) is 3.92. The van der Waals surface area contributed by atoms with Crippen molar-refractivity contribution >= 4 is 23.2 Å². The van der Waals surface area contributed by atoms with Gasteiger partial charge in [0, 0.05) is 12.6 Å². The first-order valence-electron chi connectivity index (χ1n) is 5.96. The number of halogens is 1. The van der Waals surface area contributed by atoms with Crippen molar-refractivity contribution < 1.29 is 9.53 Å². The molecule has 0 atom stereocenters. The van der Waals surface area contributed by atoms with Gasteiger partial charge in [-0.05, 0) is 25.0 Å². The second-order valence-corrected chi connectivity index (χ2v) is 5.05. The van der Waals surface area contributed by atoms with E-state index in [1.165, 1.54) is 0 Å². The Balaban J connectivity index is 2.12. The van der Waals surface area contributed by atoms with Crippen LogP contribution in [0.15, 0.2) is 18.2 Å². The van der Waals surface area contributed by atoms with E-state index in [0.29, 0.717) is 23.0 Å². The van der Waals surface area contributed by atoms with Gasteiger partial charge in [0.05, 0.1) is 23.2 Å². The molecule has 1 aromatic carbocycles. The Labute approximate surface area is 111 Å². The van der Waals surface area contributed by atoms with Crippen LogP contribution in [0.4, 0.5) is 5.69 Å². The number of anilines is 1. The number of hydrogen-bond donors (Lipinski definition) is 2. The zero-order valence-electron chi connectivity index (χ0n) is 10.3. The molecular weight excluding hydrogens is 252 g/mol. The number of carbonyl (C=O) groups excluding carboxylic acids is 1. The molecule has 4 nitrogen and oxygen atoms in total. The van der Waals surface area contributed by atoms with E-state index in [1.54, 1.807) is 25.3 Å². The summed E-state index contributed by atoms with van der Waals surface area (Å²) in [6, 6.07) is 5.17. The summed E-state index contributed by atoms with van der Waals surface area (Å²) in [5.41, 5.74) is 5.89. The molecule has 1 aliphatic carbocycles. The van der Waals surface area contributed by atoms with Crippen LogP contribution in [-0.2, 0) is 4.79 Å². The molecule has 0 saturated heterocycles. The number of methoxy groups -OCH3 is 1. The number of rotatable bonds is 4. The quantitative estimate of drug-likeness (QED) is 0.881. The maximum absolute atomic E-state index is 12.2. The average molecular weight is 269 g/mol. The number of nitrogens with one attached hydrogen (secondary N) is 1. The lowest BCUT2D eigenvalue weighted by Crippen LogP contribution is -2.47. The number of nitrogens with two attached hydrogens (primary N) is 1. The Morgan fingerprint density at radius 2 is 2.28 bits per heavy atom. The number of amides is 1.